The Labute approximate surface area is 200 Å². The fraction of sp³-hybridized carbons (Fsp3) is 0.111. The number of carbonyl (C=O) groups excluding carboxylic acids is 1. The molecule has 0 radical (unpaired) electrons. The summed E-state index contributed by atoms with van der Waals surface area (Å²) in [5.74, 6) is 1.14. The number of thiazole rings is 1. The van der Waals surface area contributed by atoms with Gasteiger partial charge < -0.3 is 13.9 Å². The molecule has 0 fully saturated rings. The Balaban J connectivity index is 1.49. The van der Waals surface area contributed by atoms with Gasteiger partial charge in [-0.05, 0) is 48.4 Å². The second kappa shape index (κ2) is 9.03. The van der Waals surface area contributed by atoms with Crippen LogP contribution in [0.25, 0.3) is 37.9 Å². The fourth-order valence-electron chi connectivity index (χ4n) is 3.89. The number of hydrogen-bond acceptors (Lipinski definition) is 6. The first-order valence-electron chi connectivity index (χ1n) is 10.6. The highest BCUT2D eigenvalue weighted by Gasteiger charge is 2.16. The maximum Gasteiger partial charge on any atom is 0.250 e. The molecule has 0 saturated carbocycles. The predicted molar refractivity (Wildman–Crippen MR) is 137 cm³/mol. The van der Waals surface area contributed by atoms with E-state index in [1.54, 1.807) is 26.6 Å². The van der Waals surface area contributed by atoms with Gasteiger partial charge in [0.1, 0.15) is 17.1 Å². The van der Waals surface area contributed by atoms with E-state index in [1.165, 1.54) is 11.3 Å². The van der Waals surface area contributed by atoms with Gasteiger partial charge in [-0.15, -0.1) is 0 Å². The van der Waals surface area contributed by atoms with E-state index in [2.05, 4.69) is 10.3 Å². The zero-order valence-electron chi connectivity index (χ0n) is 18.9. The molecule has 34 heavy (non-hydrogen) atoms. The van der Waals surface area contributed by atoms with Crippen molar-refractivity contribution in [1.29, 1.82) is 0 Å². The molecule has 1 amide bonds. The Bertz CT molecular complexity index is 1510. The topological polar surface area (TPSA) is 73.6 Å². The lowest BCUT2D eigenvalue weighted by Crippen LogP contribution is -2.08. The molecule has 170 valence electrons. The third-order valence-electron chi connectivity index (χ3n) is 5.57. The standard InChI is InChI=1S/C27H22N2O4S/c1-16(11-26(30)29-27-28-22-9-4-5-10-25(22)34-27)19-13-20-21(15-33-24(20)14-23(19)32-3)17-7-6-8-18(12-17)31-2/h4-15H,1-3H3,(H,28,29,30)/b16-11+. The van der Waals surface area contributed by atoms with E-state index in [9.17, 15) is 4.79 Å². The molecule has 5 rings (SSSR count). The monoisotopic (exact) mass is 470 g/mol. The largest absolute Gasteiger partial charge is 0.497 e. The fourth-order valence-corrected chi connectivity index (χ4v) is 4.76. The lowest BCUT2D eigenvalue weighted by atomic mass is 9.99. The van der Waals surface area contributed by atoms with Crippen molar-refractivity contribution < 1.29 is 18.7 Å². The highest BCUT2D eigenvalue weighted by Crippen LogP contribution is 2.38. The first kappa shape index (κ1) is 21.7. The van der Waals surface area contributed by atoms with Gasteiger partial charge in [0.05, 0.1) is 30.7 Å². The summed E-state index contributed by atoms with van der Waals surface area (Å²) < 4.78 is 17.8. The molecule has 5 aromatic rings. The van der Waals surface area contributed by atoms with Crippen molar-refractivity contribution in [2.75, 3.05) is 19.5 Å². The number of carbonyl (C=O) groups is 1. The Kier molecular flexibility index (Phi) is 5.77. The molecular formula is C27H22N2O4S. The average molecular weight is 471 g/mol. The van der Waals surface area contributed by atoms with Crippen molar-refractivity contribution >= 4 is 49.1 Å². The van der Waals surface area contributed by atoms with Crippen molar-refractivity contribution in [1.82, 2.24) is 4.98 Å². The molecule has 0 atom stereocenters. The summed E-state index contributed by atoms with van der Waals surface area (Å²) in [6.07, 6.45) is 3.28. The number of furan rings is 1. The van der Waals surface area contributed by atoms with Gasteiger partial charge in [-0.2, -0.15) is 0 Å². The summed E-state index contributed by atoms with van der Waals surface area (Å²) in [7, 11) is 3.24. The number of hydrogen-bond donors (Lipinski definition) is 1. The lowest BCUT2D eigenvalue weighted by molar-refractivity contribution is -0.111. The molecule has 0 saturated heterocycles. The molecule has 0 aliphatic carbocycles. The van der Waals surface area contributed by atoms with Gasteiger partial charge in [0.25, 0.3) is 0 Å². The molecule has 6 nitrogen and oxygen atoms in total. The molecule has 0 aliphatic heterocycles. The van der Waals surface area contributed by atoms with Gasteiger partial charge >= 0.3 is 0 Å². The van der Waals surface area contributed by atoms with E-state index in [1.807, 2.05) is 67.6 Å². The molecule has 0 spiro atoms. The number of aromatic nitrogens is 1. The number of para-hydroxylation sites is 1. The smallest absolute Gasteiger partial charge is 0.250 e. The summed E-state index contributed by atoms with van der Waals surface area (Å²) in [6, 6.07) is 19.4. The van der Waals surface area contributed by atoms with E-state index in [-0.39, 0.29) is 5.91 Å². The Morgan fingerprint density at radius 3 is 2.71 bits per heavy atom. The number of amides is 1. The number of rotatable bonds is 6. The van der Waals surface area contributed by atoms with Crippen LogP contribution in [-0.2, 0) is 4.79 Å². The second-order valence-corrected chi connectivity index (χ2v) is 8.76. The molecule has 3 aromatic carbocycles. The summed E-state index contributed by atoms with van der Waals surface area (Å²) in [4.78, 5) is 17.2. The summed E-state index contributed by atoms with van der Waals surface area (Å²) in [6.45, 7) is 1.88. The molecular weight excluding hydrogens is 448 g/mol. The van der Waals surface area contributed by atoms with Gasteiger partial charge in [0, 0.05) is 28.7 Å². The van der Waals surface area contributed by atoms with Crippen LogP contribution in [0.4, 0.5) is 5.13 Å². The van der Waals surface area contributed by atoms with E-state index in [0.717, 1.165) is 43.6 Å². The van der Waals surface area contributed by atoms with Crippen LogP contribution in [0.1, 0.15) is 12.5 Å². The van der Waals surface area contributed by atoms with Gasteiger partial charge in [-0.25, -0.2) is 4.98 Å². The zero-order chi connectivity index (χ0) is 23.7. The van der Waals surface area contributed by atoms with Crippen molar-refractivity contribution in [2.45, 2.75) is 6.92 Å². The van der Waals surface area contributed by atoms with Gasteiger partial charge in [0.2, 0.25) is 5.91 Å². The van der Waals surface area contributed by atoms with Crippen LogP contribution in [0.5, 0.6) is 11.5 Å². The van der Waals surface area contributed by atoms with Gasteiger partial charge in [-0.3, -0.25) is 10.1 Å². The summed E-state index contributed by atoms with van der Waals surface area (Å²) in [5, 5.41) is 4.35. The predicted octanol–water partition coefficient (Wildman–Crippen LogP) is 6.77. The third kappa shape index (κ3) is 4.13. The van der Waals surface area contributed by atoms with Crippen molar-refractivity contribution in [3.8, 4) is 22.6 Å². The highest BCUT2D eigenvalue weighted by atomic mass is 32.1. The molecule has 1 N–H and O–H groups in total. The first-order chi connectivity index (χ1) is 16.6. The first-order valence-corrected chi connectivity index (χ1v) is 11.5. The van der Waals surface area contributed by atoms with Gasteiger partial charge in [-0.1, -0.05) is 35.6 Å². The maximum atomic E-state index is 12.8. The minimum Gasteiger partial charge on any atom is -0.497 e. The molecule has 2 aromatic heterocycles. The maximum absolute atomic E-state index is 12.8. The number of fused-ring (bicyclic) bond motifs is 2. The van der Waals surface area contributed by atoms with Crippen LogP contribution in [0.2, 0.25) is 0 Å². The van der Waals surface area contributed by atoms with E-state index < -0.39 is 0 Å². The average Bonchev–Trinajstić information content (AvgIpc) is 3.46. The molecule has 7 heteroatoms. The number of nitrogens with zero attached hydrogens (tertiary/aromatic N) is 1. The van der Waals surface area contributed by atoms with E-state index in [0.29, 0.717) is 16.5 Å². The Morgan fingerprint density at radius 1 is 1.06 bits per heavy atom. The Morgan fingerprint density at radius 2 is 1.91 bits per heavy atom. The number of allylic oxidation sites excluding steroid dienone is 1. The quantitative estimate of drug-likeness (QED) is 0.277. The Hall–Kier alpha value is -4.10. The van der Waals surface area contributed by atoms with Crippen molar-refractivity contribution in [3.63, 3.8) is 0 Å². The minimum atomic E-state index is -0.251. The van der Waals surface area contributed by atoms with Crippen LogP contribution in [0.15, 0.2) is 77.4 Å². The molecule has 2 heterocycles. The van der Waals surface area contributed by atoms with E-state index in [4.69, 9.17) is 13.9 Å². The van der Waals surface area contributed by atoms with Crippen molar-refractivity contribution in [2.24, 2.45) is 0 Å². The van der Waals surface area contributed by atoms with Crippen molar-refractivity contribution in [3.05, 3.63) is 78.6 Å². The van der Waals surface area contributed by atoms with Gasteiger partial charge in [0.15, 0.2) is 5.13 Å². The number of anilines is 1. The summed E-state index contributed by atoms with van der Waals surface area (Å²) >= 11 is 1.44. The second-order valence-electron chi connectivity index (χ2n) is 7.73. The normalized spacial score (nSPS) is 11.7. The number of ether oxygens (including phenoxy) is 2. The number of nitrogens with one attached hydrogen (secondary N) is 1. The number of benzene rings is 3. The van der Waals surface area contributed by atoms with Crippen LogP contribution < -0.4 is 14.8 Å². The zero-order valence-corrected chi connectivity index (χ0v) is 19.7. The van der Waals surface area contributed by atoms with Crippen LogP contribution >= 0.6 is 11.3 Å². The summed E-state index contributed by atoms with van der Waals surface area (Å²) in [5.41, 5.74) is 5.04. The van der Waals surface area contributed by atoms with Crippen LogP contribution in [0.3, 0.4) is 0 Å². The minimum absolute atomic E-state index is 0.251. The number of methoxy groups -OCH3 is 2. The highest BCUT2D eigenvalue weighted by molar-refractivity contribution is 7.22. The SMILES string of the molecule is COc1cccc(-c2coc3cc(OC)c(/C(C)=C/C(=O)Nc4nc5ccccc5s4)cc23)c1. The molecule has 0 aliphatic rings. The molecule has 0 unspecified atom stereocenters. The van der Waals surface area contributed by atoms with Crippen LogP contribution in [0, 0.1) is 0 Å². The van der Waals surface area contributed by atoms with Crippen LogP contribution in [-0.4, -0.2) is 25.1 Å². The molecule has 0 bridgehead atoms. The third-order valence-corrected chi connectivity index (χ3v) is 6.52. The lowest BCUT2D eigenvalue weighted by Gasteiger charge is -2.10. The van der Waals surface area contributed by atoms with E-state index >= 15 is 0 Å².